The van der Waals surface area contributed by atoms with Crippen LogP contribution in [0.2, 0.25) is 0 Å². The number of rotatable bonds is 2. The largest absolute Gasteiger partial charge is 0.481 e. The van der Waals surface area contributed by atoms with Crippen LogP contribution in [-0.2, 0) is 15.7 Å². The second-order valence-electron chi connectivity index (χ2n) is 5.37. The van der Waals surface area contributed by atoms with Gasteiger partial charge in [0.1, 0.15) is 11.3 Å². The molecule has 0 atom stereocenters. The third-order valence-electron chi connectivity index (χ3n) is 3.40. The van der Waals surface area contributed by atoms with Crippen molar-refractivity contribution in [1.29, 1.82) is 0 Å². The van der Waals surface area contributed by atoms with E-state index in [-0.39, 0.29) is 0 Å². The molecule has 142 valence electrons. The minimum atomic E-state index is -4.38. The van der Waals surface area contributed by atoms with E-state index in [2.05, 4.69) is 9.97 Å². The van der Waals surface area contributed by atoms with Gasteiger partial charge in [-0.1, -0.05) is 18.2 Å². The lowest BCUT2D eigenvalue weighted by Gasteiger charge is -2.06. The third kappa shape index (κ3) is 4.84. The van der Waals surface area contributed by atoms with Gasteiger partial charge in [-0.3, -0.25) is 4.79 Å². The summed E-state index contributed by atoms with van der Waals surface area (Å²) in [7, 11) is 1.27. The second kappa shape index (κ2) is 7.90. The first-order valence-electron chi connectivity index (χ1n) is 7.57. The summed E-state index contributed by atoms with van der Waals surface area (Å²) in [6.45, 7) is 1.08. The van der Waals surface area contributed by atoms with E-state index in [0.717, 1.165) is 19.1 Å². The Balaban J connectivity index is 0.000000596. The zero-order valence-corrected chi connectivity index (χ0v) is 14.3. The molecule has 1 heterocycles. The summed E-state index contributed by atoms with van der Waals surface area (Å²) in [6.07, 6.45) is -4.38. The molecule has 6 nitrogen and oxygen atoms in total. The standard InChI is InChI=1S/C16H11F3N2O2.C2H4O2/c1-23-15(22)11-3-2-4-12-13(11)21-14(20-12)9-5-7-10(8-6-9)16(17,18)19;1-2(3)4/h2-8H,1H3,(H,20,21);1H3,(H,3,4). The molecule has 0 amide bonds. The van der Waals surface area contributed by atoms with E-state index in [4.69, 9.17) is 14.6 Å². The Morgan fingerprint density at radius 3 is 2.22 bits per heavy atom. The summed E-state index contributed by atoms with van der Waals surface area (Å²) in [4.78, 5) is 28.0. The number of nitrogens with one attached hydrogen (secondary N) is 1. The molecule has 2 aromatic carbocycles. The molecular formula is C18H15F3N2O4. The molecule has 0 radical (unpaired) electrons. The van der Waals surface area contributed by atoms with E-state index < -0.39 is 23.7 Å². The predicted octanol–water partition coefficient (Wildman–Crippen LogP) is 4.13. The van der Waals surface area contributed by atoms with Crippen molar-refractivity contribution in [1.82, 2.24) is 9.97 Å². The SMILES string of the molecule is CC(=O)O.COC(=O)c1cccc2[nH]c(-c3ccc(C(F)(F)F)cc3)nc12. The summed E-state index contributed by atoms with van der Waals surface area (Å²) in [5.74, 6) is -0.980. The number of H-pyrrole nitrogens is 1. The first-order chi connectivity index (χ1) is 12.6. The normalized spacial score (nSPS) is 10.9. The maximum absolute atomic E-state index is 12.6. The summed E-state index contributed by atoms with van der Waals surface area (Å²) in [5.41, 5.74) is 1.06. The van der Waals surface area contributed by atoms with Crippen LogP contribution in [-0.4, -0.2) is 34.1 Å². The number of hydrogen-bond acceptors (Lipinski definition) is 4. The number of esters is 1. The van der Waals surface area contributed by atoms with Gasteiger partial charge in [-0.15, -0.1) is 0 Å². The fourth-order valence-corrected chi connectivity index (χ4v) is 2.26. The van der Waals surface area contributed by atoms with Gasteiger partial charge < -0.3 is 14.8 Å². The number of methoxy groups -OCH3 is 1. The van der Waals surface area contributed by atoms with Gasteiger partial charge in [0.15, 0.2) is 0 Å². The Morgan fingerprint density at radius 2 is 1.70 bits per heavy atom. The Bertz CT molecular complexity index is 959. The number of ether oxygens (including phenoxy) is 1. The topological polar surface area (TPSA) is 92.3 Å². The average Bonchev–Trinajstić information content (AvgIpc) is 3.04. The van der Waals surface area contributed by atoms with Crippen LogP contribution in [0.3, 0.4) is 0 Å². The number of carbonyl (C=O) groups is 2. The van der Waals surface area contributed by atoms with E-state index in [9.17, 15) is 18.0 Å². The van der Waals surface area contributed by atoms with Crippen LogP contribution in [0, 0.1) is 0 Å². The maximum Gasteiger partial charge on any atom is 0.416 e. The molecule has 0 aliphatic rings. The van der Waals surface area contributed by atoms with Crippen LogP contribution in [0.4, 0.5) is 13.2 Å². The van der Waals surface area contributed by atoms with Gasteiger partial charge in [0.2, 0.25) is 0 Å². The summed E-state index contributed by atoms with van der Waals surface area (Å²) in [6, 6.07) is 9.61. The minimum absolute atomic E-state index is 0.291. The van der Waals surface area contributed by atoms with Crippen LogP contribution in [0.25, 0.3) is 22.4 Å². The molecule has 0 saturated carbocycles. The van der Waals surface area contributed by atoms with Gasteiger partial charge in [0.25, 0.3) is 5.97 Å². The van der Waals surface area contributed by atoms with Crippen molar-refractivity contribution in [2.75, 3.05) is 7.11 Å². The molecule has 0 unspecified atom stereocenters. The van der Waals surface area contributed by atoms with Crippen LogP contribution in [0.5, 0.6) is 0 Å². The number of aliphatic carboxylic acids is 1. The maximum atomic E-state index is 12.6. The Morgan fingerprint density at radius 1 is 1.11 bits per heavy atom. The highest BCUT2D eigenvalue weighted by Crippen LogP contribution is 2.31. The van der Waals surface area contributed by atoms with E-state index in [1.165, 1.54) is 19.2 Å². The van der Waals surface area contributed by atoms with Crippen LogP contribution >= 0.6 is 0 Å². The van der Waals surface area contributed by atoms with E-state index >= 15 is 0 Å². The first-order valence-corrected chi connectivity index (χ1v) is 7.57. The lowest BCUT2D eigenvalue weighted by atomic mass is 10.1. The molecule has 3 aromatic rings. The van der Waals surface area contributed by atoms with Gasteiger partial charge in [0.05, 0.1) is 23.8 Å². The minimum Gasteiger partial charge on any atom is -0.481 e. The van der Waals surface area contributed by atoms with E-state index in [0.29, 0.717) is 28.0 Å². The lowest BCUT2D eigenvalue weighted by Crippen LogP contribution is -2.04. The number of carboxylic acids is 1. The Hall–Kier alpha value is -3.36. The molecule has 9 heteroatoms. The number of nitrogens with zero attached hydrogens (tertiary/aromatic N) is 1. The number of para-hydroxylation sites is 1. The molecule has 0 saturated heterocycles. The van der Waals surface area contributed by atoms with Crippen LogP contribution in [0.1, 0.15) is 22.8 Å². The quantitative estimate of drug-likeness (QED) is 0.653. The average molecular weight is 380 g/mol. The fourth-order valence-electron chi connectivity index (χ4n) is 2.26. The molecule has 0 aliphatic carbocycles. The highest BCUT2D eigenvalue weighted by atomic mass is 19.4. The predicted molar refractivity (Wildman–Crippen MR) is 91.2 cm³/mol. The van der Waals surface area contributed by atoms with Crippen molar-refractivity contribution < 1.29 is 32.6 Å². The molecule has 0 spiro atoms. The number of hydrogen-bond donors (Lipinski definition) is 2. The van der Waals surface area contributed by atoms with Crippen LogP contribution in [0.15, 0.2) is 42.5 Å². The summed E-state index contributed by atoms with van der Waals surface area (Å²) in [5, 5.41) is 7.42. The smallest absolute Gasteiger partial charge is 0.416 e. The number of halogens is 3. The van der Waals surface area contributed by atoms with E-state index in [1.54, 1.807) is 18.2 Å². The van der Waals surface area contributed by atoms with Crippen molar-refractivity contribution >= 4 is 23.0 Å². The Kier molecular flexibility index (Phi) is 5.84. The highest BCUT2D eigenvalue weighted by molar-refractivity contribution is 6.02. The number of alkyl halides is 3. The number of fused-ring (bicyclic) bond motifs is 1. The Labute approximate surface area is 151 Å². The molecule has 3 rings (SSSR count). The number of aromatic amines is 1. The van der Waals surface area contributed by atoms with Gasteiger partial charge >= 0.3 is 12.1 Å². The number of aromatic nitrogens is 2. The molecule has 0 aliphatic heterocycles. The van der Waals surface area contributed by atoms with Gasteiger partial charge in [-0.2, -0.15) is 13.2 Å². The van der Waals surface area contributed by atoms with Crippen LogP contribution < -0.4 is 0 Å². The van der Waals surface area contributed by atoms with Crippen molar-refractivity contribution in [2.45, 2.75) is 13.1 Å². The zero-order chi connectivity index (χ0) is 20.2. The van der Waals surface area contributed by atoms with Crippen molar-refractivity contribution in [3.63, 3.8) is 0 Å². The van der Waals surface area contributed by atoms with E-state index in [1.807, 2.05) is 0 Å². The fraction of sp³-hybridized carbons (Fsp3) is 0.167. The summed E-state index contributed by atoms with van der Waals surface area (Å²) < 4.78 is 42.5. The highest BCUT2D eigenvalue weighted by Gasteiger charge is 2.30. The molecule has 0 bridgehead atoms. The van der Waals surface area contributed by atoms with Crippen molar-refractivity contribution in [3.8, 4) is 11.4 Å². The van der Waals surface area contributed by atoms with Gasteiger partial charge in [0, 0.05) is 12.5 Å². The molecule has 1 aromatic heterocycles. The monoisotopic (exact) mass is 380 g/mol. The molecule has 27 heavy (non-hydrogen) atoms. The molecule has 2 N–H and O–H groups in total. The number of carboxylic acid groups (broad SMARTS) is 1. The van der Waals surface area contributed by atoms with Gasteiger partial charge in [-0.25, -0.2) is 9.78 Å². The van der Waals surface area contributed by atoms with Crippen molar-refractivity contribution in [2.24, 2.45) is 0 Å². The van der Waals surface area contributed by atoms with Gasteiger partial charge in [-0.05, 0) is 24.3 Å². The number of benzene rings is 2. The molecule has 0 fully saturated rings. The second-order valence-corrected chi connectivity index (χ2v) is 5.37. The summed E-state index contributed by atoms with van der Waals surface area (Å²) >= 11 is 0. The third-order valence-corrected chi connectivity index (χ3v) is 3.40. The number of imidazole rings is 1. The molecular weight excluding hydrogens is 365 g/mol. The van der Waals surface area contributed by atoms with Crippen molar-refractivity contribution in [3.05, 3.63) is 53.6 Å². The first kappa shape index (κ1) is 20.0. The number of carbonyl (C=O) groups excluding carboxylic acids is 1. The lowest BCUT2D eigenvalue weighted by molar-refractivity contribution is -0.137. The zero-order valence-electron chi connectivity index (χ0n) is 14.3.